The van der Waals surface area contributed by atoms with Gasteiger partial charge < -0.3 is 4.74 Å². The molecule has 0 aromatic rings. The molecule has 15 heavy (non-hydrogen) atoms. The van der Waals surface area contributed by atoms with E-state index in [0.29, 0.717) is 12.8 Å². The average Bonchev–Trinajstić information content (AvgIpc) is 2.45. The molecule has 5 heteroatoms. The van der Waals surface area contributed by atoms with Crippen LogP contribution < -0.4 is 0 Å². The van der Waals surface area contributed by atoms with E-state index in [0.717, 1.165) is 0 Å². The number of hydrogen-bond donors (Lipinski definition) is 0. The molecule has 2 unspecified atom stereocenters. The van der Waals surface area contributed by atoms with Crippen LogP contribution in [0.25, 0.3) is 0 Å². The number of alkyl halides is 1. The number of halogens is 1. The van der Waals surface area contributed by atoms with Gasteiger partial charge in [-0.05, 0) is 32.6 Å². The Balaban J connectivity index is 2.53. The summed E-state index contributed by atoms with van der Waals surface area (Å²) >= 11 is 6.23. The zero-order valence-electron chi connectivity index (χ0n) is 9.49. The molecule has 0 aromatic heterocycles. The smallest absolute Gasteiger partial charge is 0.150 e. The molecule has 2 atom stereocenters. The normalized spacial score (nSPS) is 27.9. The lowest BCUT2D eigenvalue weighted by atomic mass is 9.94. The highest BCUT2D eigenvalue weighted by molar-refractivity contribution is 7.91. The summed E-state index contributed by atoms with van der Waals surface area (Å²) in [5, 5.41) is -0.114. The van der Waals surface area contributed by atoms with Crippen LogP contribution in [0, 0.1) is 5.92 Å². The van der Waals surface area contributed by atoms with Gasteiger partial charge in [0.25, 0.3) is 0 Å². The number of methoxy groups -OCH3 is 1. The van der Waals surface area contributed by atoms with Gasteiger partial charge in [0.2, 0.25) is 0 Å². The third-order valence-electron chi connectivity index (χ3n) is 3.02. The molecule has 1 aliphatic rings. The summed E-state index contributed by atoms with van der Waals surface area (Å²) in [6.07, 6.45) is 1.38. The fourth-order valence-corrected chi connectivity index (χ4v) is 4.40. The Hall–Kier alpha value is 0.200. The summed E-state index contributed by atoms with van der Waals surface area (Å²) in [5.74, 6) is 0.612. The first-order valence-corrected chi connectivity index (χ1v) is 7.41. The molecular formula is C10H19ClO3S. The predicted octanol–water partition coefficient (Wildman–Crippen LogP) is 1.84. The quantitative estimate of drug-likeness (QED) is 0.719. The molecule has 0 bridgehead atoms. The van der Waals surface area contributed by atoms with Crippen molar-refractivity contribution >= 4 is 21.4 Å². The Morgan fingerprint density at radius 2 is 2.13 bits per heavy atom. The molecule has 0 radical (unpaired) electrons. The number of sulfone groups is 1. The van der Waals surface area contributed by atoms with Crippen LogP contribution in [0.15, 0.2) is 0 Å². The fourth-order valence-electron chi connectivity index (χ4n) is 1.83. The van der Waals surface area contributed by atoms with Gasteiger partial charge in [-0.25, -0.2) is 8.42 Å². The lowest BCUT2D eigenvalue weighted by molar-refractivity contribution is 0.0121. The van der Waals surface area contributed by atoms with Gasteiger partial charge in [0, 0.05) is 12.5 Å². The topological polar surface area (TPSA) is 43.4 Å². The van der Waals surface area contributed by atoms with Crippen LogP contribution in [-0.4, -0.2) is 38.0 Å². The van der Waals surface area contributed by atoms with E-state index in [2.05, 4.69) is 0 Å². The van der Waals surface area contributed by atoms with E-state index < -0.39 is 9.84 Å². The van der Waals surface area contributed by atoms with Crippen molar-refractivity contribution in [1.29, 1.82) is 0 Å². The van der Waals surface area contributed by atoms with Crippen LogP contribution in [0.4, 0.5) is 0 Å². The maximum absolute atomic E-state index is 11.3. The third-order valence-corrected chi connectivity index (χ3v) is 5.32. The minimum atomic E-state index is -2.83. The highest BCUT2D eigenvalue weighted by Crippen LogP contribution is 2.31. The maximum Gasteiger partial charge on any atom is 0.150 e. The van der Waals surface area contributed by atoms with Crippen molar-refractivity contribution in [3.05, 3.63) is 0 Å². The maximum atomic E-state index is 11.3. The van der Waals surface area contributed by atoms with Gasteiger partial charge in [-0.1, -0.05) is 0 Å². The molecule has 1 fully saturated rings. The molecule has 90 valence electrons. The average molecular weight is 255 g/mol. The Morgan fingerprint density at radius 1 is 1.53 bits per heavy atom. The van der Waals surface area contributed by atoms with Crippen LogP contribution >= 0.6 is 11.6 Å². The van der Waals surface area contributed by atoms with Crippen molar-refractivity contribution in [3.63, 3.8) is 0 Å². The van der Waals surface area contributed by atoms with Crippen LogP contribution in [0.5, 0.6) is 0 Å². The van der Waals surface area contributed by atoms with Crippen molar-refractivity contribution in [2.75, 3.05) is 18.6 Å². The number of ether oxygens (including phenoxy) is 1. The molecule has 1 heterocycles. The van der Waals surface area contributed by atoms with Crippen molar-refractivity contribution in [3.8, 4) is 0 Å². The van der Waals surface area contributed by atoms with Crippen LogP contribution in [0.1, 0.15) is 26.7 Å². The Kier molecular flexibility index (Phi) is 4.07. The van der Waals surface area contributed by atoms with Crippen LogP contribution in [-0.2, 0) is 14.6 Å². The highest BCUT2D eigenvalue weighted by Gasteiger charge is 2.35. The Labute approximate surface area is 97.1 Å². The monoisotopic (exact) mass is 254 g/mol. The Morgan fingerprint density at radius 3 is 2.53 bits per heavy atom. The van der Waals surface area contributed by atoms with Crippen molar-refractivity contribution in [1.82, 2.24) is 0 Å². The second-order valence-electron chi connectivity index (χ2n) is 4.85. The largest absolute Gasteiger partial charge is 0.379 e. The standard InChI is InChI=1S/C10H19ClO3S/c1-10(2,14-3)6-9(11)8-4-5-15(12,13)7-8/h8-9H,4-7H2,1-3H3. The van der Waals surface area contributed by atoms with E-state index in [1.165, 1.54) is 0 Å². The van der Waals surface area contributed by atoms with Gasteiger partial charge in [0.05, 0.1) is 17.1 Å². The zero-order valence-corrected chi connectivity index (χ0v) is 11.1. The molecule has 1 aliphatic heterocycles. The van der Waals surface area contributed by atoms with E-state index >= 15 is 0 Å². The first-order valence-electron chi connectivity index (χ1n) is 5.15. The van der Waals surface area contributed by atoms with Crippen LogP contribution in [0.2, 0.25) is 0 Å². The second kappa shape index (κ2) is 4.60. The molecule has 1 saturated heterocycles. The molecule has 0 saturated carbocycles. The fraction of sp³-hybridized carbons (Fsp3) is 1.00. The number of rotatable bonds is 4. The van der Waals surface area contributed by atoms with E-state index in [1.807, 2.05) is 13.8 Å². The van der Waals surface area contributed by atoms with E-state index in [1.54, 1.807) is 7.11 Å². The van der Waals surface area contributed by atoms with Gasteiger partial charge in [0.15, 0.2) is 9.84 Å². The zero-order chi connectivity index (χ0) is 11.7. The number of hydrogen-bond acceptors (Lipinski definition) is 3. The Bertz CT molecular complexity index is 311. The minimum Gasteiger partial charge on any atom is -0.379 e. The van der Waals surface area contributed by atoms with Gasteiger partial charge in [-0.3, -0.25) is 0 Å². The molecule has 0 aromatic carbocycles. The summed E-state index contributed by atoms with van der Waals surface area (Å²) in [7, 11) is -1.18. The minimum absolute atomic E-state index is 0.0890. The molecule has 0 amide bonds. The van der Waals surface area contributed by atoms with E-state index in [9.17, 15) is 8.42 Å². The van der Waals surface area contributed by atoms with Gasteiger partial charge in [-0.15, -0.1) is 11.6 Å². The molecular weight excluding hydrogens is 236 g/mol. The summed E-state index contributed by atoms with van der Waals surface area (Å²) in [6, 6.07) is 0. The van der Waals surface area contributed by atoms with Gasteiger partial charge >= 0.3 is 0 Å². The SMILES string of the molecule is COC(C)(C)CC(Cl)C1CCS(=O)(=O)C1. The third kappa shape index (κ3) is 3.93. The summed E-state index contributed by atoms with van der Waals surface area (Å²) in [5.41, 5.74) is -0.279. The second-order valence-corrected chi connectivity index (χ2v) is 7.64. The van der Waals surface area contributed by atoms with Crippen molar-refractivity contribution in [2.24, 2.45) is 5.92 Å². The molecule has 0 spiro atoms. The molecule has 3 nitrogen and oxygen atoms in total. The first-order chi connectivity index (χ1) is 6.76. The van der Waals surface area contributed by atoms with Gasteiger partial charge in [0.1, 0.15) is 0 Å². The molecule has 0 aliphatic carbocycles. The van der Waals surface area contributed by atoms with Crippen LogP contribution in [0.3, 0.4) is 0 Å². The van der Waals surface area contributed by atoms with E-state index in [4.69, 9.17) is 16.3 Å². The highest BCUT2D eigenvalue weighted by atomic mass is 35.5. The lowest BCUT2D eigenvalue weighted by Gasteiger charge is -2.27. The molecule has 1 rings (SSSR count). The van der Waals surface area contributed by atoms with Crippen molar-refractivity contribution < 1.29 is 13.2 Å². The predicted molar refractivity (Wildman–Crippen MR) is 62.1 cm³/mol. The first kappa shape index (κ1) is 13.3. The summed E-state index contributed by atoms with van der Waals surface area (Å²) in [6.45, 7) is 3.93. The summed E-state index contributed by atoms with van der Waals surface area (Å²) in [4.78, 5) is 0. The van der Waals surface area contributed by atoms with E-state index in [-0.39, 0.29) is 28.4 Å². The lowest BCUT2D eigenvalue weighted by Crippen LogP contribution is -2.30. The summed E-state index contributed by atoms with van der Waals surface area (Å²) < 4.78 is 27.9. The van der Waals surface area contributed by atoms with Crippen molar-refractivity contribution in [2.45, 2.75) is 37.7 Å². The van der Waals surface area contributed by atoms with Gasteiger partial charge in [-0.2, -0.15) is 0 Å². The molecule has 0 N–H and O–H groups in total.